The molecular weight excluding hydrogens is 350 g/mol. The number of nitrogens with one attached hydrogen (secondary N) is 1. The fraction of sp³-hybridized carbons (Fsp3) is 0.294. The molecule has 0 bridgehead atoms. The minimum Gasteiger partial charge on any atom is -0.497 e. The molecule has 0 saturated heterocycles. The van der Waals surface area contributed by atoms with Gasteiger partial charge in [0.15, 0.2) is 0 Å². The lowest BCUT2D eigenvalue weighted by molar-refractivity contribution is -0.383. The average Bonchev–Trinajstić information content (AvgIpc) is 2.68. The molecule has 2 aromatic rings. The van der Waals surface area contributed by atoms with Crippen molar-refractivity contribution in [2.75, 3.05) is 30.4 Å². The Bertz CT molecular complexity index is 854. The lowest BCUT2D eigenvalue weighted by Crippen LogP contribution is -2.27. The van der Waals surface area contributed by atoms with Gasteiger partial charge in [-0.25, -0.2) is 9.97 Å². The summed E-state index contributed by atoms with van der Waals surface area (Å²) in [7, 11) is 1.54. The highest BCUT2D eigenvalue weighted by atomic mass is 16.6. The first kappa shape index (κ1) is 19.4. The van der Waals surface area contributed by atoms with Gasteiger partial charge in [0, 0.05) is 18.8 Å². The smallest absolute Gasteiger partial charge is 0.353 e. The summed E-state index contributed by atoms with van der Waals surface area (Å²) < 4.78 is 5.09. The van der Waals surface area contributed by atoms with Crippen LogP contribution in [0.2, 0.25) is 0 Å². The molecule has 0 aliphatic rings. The number of benzene rings is 1. The van der Waals surface area contributed by atoms with Crippen LogP contribution in [0.15, 0.2) is 30.6 Å². The molecule has 0 spiro atoms. The van der Waals surface area contributed by atoms with E-state index in [1.807, 2.05) is 12.1 Å². The molecule has 138 valence electrons. The van der Waals surface area contributed by atoms with Crippen molar-refractivity contribution in [2.24, 2.45) is 0 Å². The molecule has 0 unspecified atom stereocenters. The maximum absolute atomic E-state index is 11.7. The Balaban J connectivity index is 2.40. The van der Waals surface area contributed by atoms with Crippen molar-refractivity contribution in [3.63, 3.8) is 0 Å². The number of nitro groups is 1. The lowest BCUT2D eigenvalue weighted by atomic mass is 10.3. The Kier molecular flexibility index (Phi) is 6.85. The fourth-order valence-corrected chi connectivity index (χ4v) is 2.37. The fourth-order valence-electron chi connectivity index (χ4n) is 2.37. The van der Waals surface area contributed by atoms with E-state index < -0.39 is 4.92 Å². The number of hydrogen-bond acceptors (Lipinski definition) is 9. The number of rotatable bonds is 9. The highest BCUT2D eigenvalue weighted by Crippen LogP contribution is 2.34. The third-order valence-corrected chi connectivity index (χ3v) is 3.62. The molecule has 0 fully saturated rings. The molecule has 1 heterocycles. The molecule has 0 radical (unpaired) electrons. The zero-order valence-corrected chi connectivity index (χ0v) is 14.6. The Morgan fingerprint density at radius 3 is 2.33 bits per heavy atom. The minimum absolute atomic E-state index is 0.0223. The number of ether oxygens (including phenoxy) is 1. The number of hydrogen-bond donors (Lipinski definition) is 1. The van der Waals surface area contributed by atoms with Gasteiger partial charge in [-0.2, -0.15) is 10.5 Å². The zero-order valence-electron chi connectivity index (χ0n) is 14.6. The van der Waals surface area contributed by atoms with Crippen molar-refractivity contribution in [1.29, 1.82) is 10.5 Å². The van der Waals surface area contributed by atoms with Gasteiger partial charge >= 0.3 is 5.69 Å². The molecule has 10 heteroatoms. The van der Waals surface area contributed by atoms with E-state index in [0.29, 0.717) is 11.4 Å². The number of anilines is 3. The van der Waals surface area contributed by atoms with Crippen molar-refractivity contribution >= 4 is 23.0 Å². The third kappa shape index (κ3) is 5.03. The Morgan fingerprint density at radius 1 is 1.19 bits per heavy atom. The van der Waals surface area contributed by atoms with Gasteiger partial charge in [0.05, 0.1) is 37.0 Å². The van der Waals surface area contributed by atoms with Crippen LogP contribution >= 0.6 is 0 Å². The Morgan fingerprint density at radius 2 is 1.81 bits per heavy atom. The second-order valence-electron chi connectivity index (χ2n) is 5.31. The highest BCUT2D eigenvalue weighted by Gasteiger charge is 2.27. The van der Waals surface area contributed by atoms with E-state index >= 15 is 0 Å². The van der Waals surface area contributed by atoms with Crippen molar-refractivity contribution in [1.82, 2.24) is 9.97 Å². The third-order valence-electron chi connectivity index (χ3n) is 3.62. The summed E-state index contributed by atoms with van der Waals surface area (Å²) in [5.41, 5.74) is 0.272. The van der Waals surface area contributed by atoms with Gasteiger partial charge in [-0.05, 0) is 24.3 Å². The summed E-state index contributed by atoms with van der Waals surface area (Å²) in [5.74, 6) is 0.739. The molecule has 0 atom stereocenters. The van der Waals surface area contributed by atoms with Crippen LogP contribution in [0.5, 0.6) is 5.75 Å². The molecule has 0 aliphatic carbocycles. The van der Waals surface area contributed by atoms with Crippen molar-refractivity contribution < 1.29 is 9.66 Å². The van der Waals surface area contributed by atoms with E-state index in [0.717, 1.165) is 0 Å². The summed E-state index contributed by atoms with van der Waals surface area (Å²) in [6.45, 7) is 0.440. The quantitative estimate of drug-likeness (QED) is 0.523. The topological polar surface area (TPSA) is 141 Å². The second kappa shape index (κ2) is 9.53. The van der Waals surface area contributed by atoms with Crippen molar-refractivity contribution in [2.45, 2.75) is 12.8 Å². The Labute approximate surface area is 155 Å². The molecule has 10 nitrogen and oxygen atoms in total. The van der Waals surface area contributed by atoms with Crippen molar-refractivity contribution in [3.05, 3.63) is 40.7 Å². The molecule has 2 rings (SSSR count). The van der Waals surface area contributed by atoms with Crippen LogP contribution in [0.3, 0.4) is 0 Å². The van der Waals surface area contributed by atoms with Gasteiger partial charge in [-0.15, -0.1) is 0 Å². The Hall–Kier alpha value is -3.92. The van der Waals surface area contributed by atoms with Gasteiger partial charge in [-0.1, -0.05) is 0 Å². The number of methoxy groups -OCH3 is 1. The number of nitriles is 2. The molecule has 0 amide bonds. The van der Waals surface area contributed by atoms with E-state index in [9.17, 15) is 10.1 Å². The molecule has 1 aromatic carbocycles. The molecule has 1 N–H and O–H groups in total. The van der Waals surface area contributed by atoms with Crippen LogP contribution in [-0.4, -0.2) is 35.1 Å². The van der Waals surface area contributed by atoms with Gasteiger partial charge in [0.1, 0.15) is 12.1 Å². The van der Waals surface area contributed by atoms with Gasteiger partial charge in [0.2, 0.25) is 11.6 Å². The van der Waals surface area contributed by atoms with Crippen LogP contribution in [0, 0.1) is 32.8 Å². The molecule has 1 aromatic heterocycles. The van der Waals surface area contributed by atoms with E-state index in [1.54, 1.807) is 36.3 Å². The van der Waals surface area contributed by atoms with Crippen LogP contribution in [0.1, 0.15) is 12.8 Å². The molecular formula is C17H17N7O3. The summed E-state index contributed by atoms with van der Waals surface area (Å²) in [6.07, 6.45) is 1.50. The minimum atomic E-state index is -0.576. The van der Waals surface area contributed by atoms with Crippen LogP contribution in [0.25, 0.3) is 0 Å². The summed E-state index contributed by atoms with van der Waals surface area (Å²) >= 11 is 0. The zero-order chi connectivity index (χ0) is 19.6. The number of nitrogens with zero attached hydrogens (tertiary/aromatic N) is 6. The maximum Gasteiger partial charge on any atom is 0.353 e. The monoisotopic (exact) mass is 367 g/mol. The van der Waals surface area contributed by atoms with Crippen LogP contribution < -0.4 is 15.0 Å². The predicted octanol–water partition coefficient (Wildman–Crippen LogP) is 2.77. The van der Waals surface area contributed by atoms with Gasteiger partial charge in [0.25, 0.3) is 0 Å². The summed E-state index contributed by atoms with van der Waals surface area (Å²) in [5, 5.41) is 32.3. The first-order valence-electron chi connectivity index (χ1n) is 8.00. The largest absolute Gasteiger partial charge is 0.497 e. The normalized spacial score (nSPS) is 9.74. The lowest BCUT2D eigenvalue weighted by Gasteiger charge is -2.21. The highest BCUT2D eigenvalue weighted by molar-refractivity contribution is 5.74. The van der Waals surface area contributed by atoms with E-state index in [1.165, 1.54) is 6.33 Å². The van der Waals surface area contributed by atoms with Crippen LogP contribution in [-0.2, 0) is 0 Å². The van der Waals surface area contributed by atoms with E-state index in [4.69, 9.17) is 15.3 Å². The van der Waals surface area contributed by atoms with E-state index in [-0.39, 0.29) is 43.3 Å². The summed E-state index contributed by atoms with van der Waals surface area (Å²) in [4.78, 5) is 20.7. The molecule has 27 heavy (non-hydrogen) atoms. The first-order valence-corrected chi connectivity index (χ1v) is 8.00. The average molecular weight is 367 g/mol. The molecule has 0 aliphatic heterocycles. The SMILES string of the molecule is COc1ccc(Nc2ncnc(N(CCC#N)CCC#N)c2[N+](=O)[O-])cc1. The van der Waals surface area contributed by atoms with Crippen molar-refractivity contribution in [3.8, 4) is 17.9 Å². The standard InChI is InChI=1S/C17H17N7O3/c1-27-14-6-4-13(5-7-14)22-16-15(24(25)26)17(21-12-20-16)23(10-2-8-18)11-3-9-19/h4-7,12H,2-3,10-11H2,1H3,(H,20,21,22). The summed E-state index contributed by atoms with van der Waals surface area (Å²) in [6, 6.07) is 10.8. The van der Waals surface area contributed by atoms with Gasteiger partial charge in [-0.3, -0.25) is 10.1 Å². The van der Waals surface area contributed by atoms with Crippen LogP contribution in [0.4, 0.5) is 23.0 Å². The predicted molar refractivity (Wildman–Crippen MR) is 97.6 cm³/mol. The van der Waals surface area contributed by atoms with Gasteiger partial charge < -0.3 is 15.0 Å². The van der Waals surface area contributed by atoms with E-state index in [2.05, 4.69) is 15.3 Å². The second-order valence-corrected chi connectivity index (χ2v) is 5.31. The number of aromatic nitrogens is 2. The first-order chi connectivity index (χ1) is 13.1. The molecule has 0 saturated carbocycles. The maximum atomic E-state index is 11.7.